The minimum Gasteiger partial charge on any atom is -0.396 e. The molecule has 1 saturated heterocycles. The van der Waals surface area contributed by atoms with Crippen LogP contribution in [-0.4, -0.2) is 50.0 Å². The molecule has 5 heteroatoms. The molecule has 1 amide bonds. The number of carbonyl (C=O) groups excluding carboxylic acids is 1. The second-order valence-electron chi connectivity index (χ2n) is 5.89. The van der Waals surface area contributed by atoms with Crippen LogP contribution in [0.15, 0.2) is 0 Å². The van der Waals surface area contributed by atoms with Gasteiger partial charge in [-0.15, -0.1) is 0 Å². The fourth-order valence-corrected chi connectivity index (χ4v) is 3.20. The van der Waals surface area contributed by atoms with Gasteiger partial charge in [0.05, 0.1) is 25.7 Å². The van der Waals surface area contributed by atoms with Gasteiger partial charge in [-0.1, -0.05) is 19.8 Å². The van der Waals surface area contributed by atoms with E-state index in [1.807, 2.05) is 6.92 Å². The molecular formula is C14H26N2O3. The van der Waals surface area contributed by atoms with Crippen molar-refractivity contribution < 1.29 is 14.6 Å². The van der Waals surface area contributed by atoms with Crippen molar-refractivity contribution in [1.29, 1.82) is 0 Å². The van der Waals surface area contributed by atoms with Gasteiger partial charge >= 0.3 is 0 Å². The normalized spacial score (nSPS) is 29.6. The Bertz CT molecular complexity index is 303. The molecule has 1 aliphatic carbocycles. The number of amides is 1. The van der Waals surface area contributed by atoms with Crippen molar-refractivity contribution in [3.63, 3.8) is 0 Å². The number of rotatable bonds is 6. The van der Waals surface area contributed by atoms with Gasteiger partial charge in [0.2, 0.25) is 5.91 Å². The summed E-state index contributed by atoms with van der Waals surface area (Å²) in [5, 5.41) is 15.9. The molecule has 0 radical (unpaired) electrons. The first kappa shape index (κ1) is 14.8. The Balaban J connectivity index is 1.83. The number of hydrogen-bond acceptors (Lipinski definition) is 4. The predicted molar refractivity (Wildman–Crippen MR) is 72.8 cm³/mol. The minimum atomic E-state index is -0.0999. The molecule has 0 bridgehead atoms. The zero-order chi connectivity index (χ0) is 13.7. The number of carbonyl (C=O) groups is 1. The topological polar surface area (TPSA) is 70.6 Å². The van der Waals surface area contributed by atoms with Gasteiger partial charge in [-0.25, -0.2) is 0 Å². The summed E-state index contributed by atoms with van der Waals surface area (Å²) in [4.78, 5) is 12.2. The van der Waals surface area contributed by atoms with Crippen LogP contribution in [0.25, 0.3) is 0 Å². The molecule has 110 valence electrons. The van der Waals surface area contributed by atoms with Crippen LogP contribution in [0.5, 0.6) is 0 Å². The van der Waals surface area contributed by atoms with E-state index in [0.717, 1.165) is 32.2 Å². The standard InChI is InChI=1S/C14H26N2O3/c1-2-15-12-8-19-7-11(12)13(18)16-9-14(10-17)5-3-4-6-14/h11-12,15,17H,2-10H2,1H3,(H,16,18). The average Bonchev–Trinajstić information content (AvgIpc) is 3.06. The predicted octanol–water partition coefficient (Wildman–Crippen LogP) is 0.280. The number of ether oxygens (including phenoxy) is 1. The SMILES string of the molecule is CCNC1COCC1C(=O)NCC1(CO)CCCC1. The van der Waals surface area contributed by atoms with Crippen molar-refractivity contribution in [2.45, 2.75) is 38.6 Å². The van der Waals surface area contributed by atoms with Crippen LogP contribution < -0.4 is 10.6 Å². The largest absolute Gasteiger partial charge is 0.396 e. The first-order valence-electron chi connectivity index (χ1n) is 7.40. The first-order valence-corrected chi connectivity index (χ1v) is 7.40. The Morgan fingerprint density at radius 1 is 1.37 bits per heavy atom. The van der Waals surface area contributed by atoms with E-state index < -0.39 is 0 Å². The van der Waals surface area contributed by atoms with Crippen molar-refractivity contribution in [3.05, 3.63) is 0 Å². The minimum absolute atomic E-state index is 0.0585. The second kappa shape index (κ2) is 6.68. The molecule has 2 unspecified atom stereocenters. The summed E-state index contributed by atoms with van der Waals surface area (Å²) >= 11 is 0. The highest BCUT2D eigenvalue weighted by Crippen LogP contribution is 2.36. The van der Waals surface area contributed by atoms with E-state index in [0.29, 0.717) is 19.8 Å². The highest BCUT2D eigenvalue weighted by molar-refractivity contribution is 5.79. The fourth-order valence-electron chi connectivity index (χ4n) is 3.20. The van der Waals surface area contributed by atoms with Gasteiger partial charge < -0.3 is 20.5 Å². The molecule has 0 aromatic heterocycles. The summed E-state index contributed by atoms with van der Waals surface area (Å²) in [7, 11) is 0. The molecule has 1 aliphatic heterocycles. The molecule has 2 aliphatic rings. The molecule has 2 atom stereocenters. The van der Waals surface area contributed by atoms with Crippen LogP contribution >= 0.6 is 0 Å². The quantitative estimate of drug-likeness (QED) is 0.648. The van der Waals surface area contributed by atoms with Crippen molar-refractivity contribution in [2.75, 3.05) is 32.9 Å². The Hall–Kier alpha value is -0.650. The van der Waals surface area contributed by atoms with Gasteiger partial charge in [0.1, 0.15) is 0 Å². The van der Waals surface area contributed by atoms with E-state index in [4.69, 9.17) is 4.74 Å². The van der Waals surface area contributed by atoms with Crippen LogP contribution in [0.3, 0.4) is 0 Å². The second-order valence-corrected chi connectivity index (χ2v) is 5.89. The average molecular weight is 270 g/mol. The Kier molecular flexibility index (Phi) is 5.19. The maximum atomic E-state index is 12.2. The zero-order valence-electron chi connectivity index (χ0n) is 11.8. The van der Waals surface area contributed by atoms with Gasteiger partial charge in [-0.05, 0) is 19.4 Å². The molecule has 2 rings (SSSR count). The van der Waals surface area contributed by atoms with Crippen LogP contribution in [0.1, 0.15) is 32.6 Å². The summed E-state index contributed by atoms with van der Waals surface area (Å²) in [6.45, 7) is 4.75. The third kappa shape index (κ3) is 3.46. The van der Waals surface area contributed by atoms with Gasteiger partial charge in [0.15, 0.2) is 0 Å². The van der Waals surface area contributed by atoms with Crippen LogP contribution in [0.4, 0.5) is 0 Å². The van der Waals surface area contributed by atoms with E-state index in [2.05, 4.69) is 10.6 Å². The molecule has 2 fully saturated rings. The summed E-state index contributed by atoms with van der Waals surface area (Å²) in [5.41, 5.74) is -0.0806. The third-order valence-electron chi connectivity index (χ3n) is 4.52. The van der Waals surface area contributed by atoms with Crippen LogP contribution in [-0.2, 0) is 9.53 Å². The lowest BCUT2D eigenvalue weighted by atomic mass is 9.87. The summed E-state index contributed by atoms with van der Waals surface area (Å²) in [6.07, 6.45) is 4.34. The van der Waals surface area contributed by atoms with E-state index in [-0.39, 0.29) is 29.9 Å². The van der Waals surface area contributed by atoms with E-state index in [1.165, 1.54) is 0 Å². The van der Waals surface area contributed by atoms with Gasteiger partial charge in [0, 0.05) is 18.0 Å². The zero-order valence-corrected chi connectivity index (χ0v) is 11.8. The Labute approximate surface area is 115 Å². The van der Waals surface area contributed by atoms with Gasteiger partial charge in [0.25, 0.3) is 0 Å². The van der Waals surface area contributed by atoms with E-state index in [9.17, 15) is 9.90 Å². The molecule has 1 heterocycles. The number of aliphatic hydroxyl groups is 1. The van der Waals surface area contributed by atoms with E-state index in [1.54, 1.807) is 0 Å². The Morgan fingerprint density at radius 2 is 2.11 bits per heavy atom. The van der Waals surface area contributed by atoms with Crippen molar-refractivity contribution in [2.24, 2.45) is 11.3 Å². The van der Waals surface area contributed by atoms with Crippen molar-refractivity contribution >= 4 is 5.91 Å². The van der Waals surface area contributed by atoms with Crippen LogP contribution in [0, 0.1) is 11.3 Å². The molecule has 5 nitrogen and oxygen atoms in total. The molecule has 19 heavy (non-hydrogen) atoms. The number of nitrogens with one attached hydrogen (secondary N) is 2. The molecule has 1 saturated carbocycles. The monoisotopic (exact) mass is 270 g/mol. The molecule has 3 N–H and O–H groups in total. The van der Waals surface area contributed by atoms with E-state index >= 15 is 0 Å². The molecule has 0 aromatic carbocycles. The first-order chi connectivity index (χ1) is 9.21. The smallest absolute Gasteiger partial charge is 0.227 e. The maximum Gasteiger partial charge on any atom is 0.227 e. The number of likely N-dealkylation sites (N-methyl/N-ethyl adjacent to an activating group) is 1. The molecular weight excluding hydrogens is 244 g/mol. The summed E-state index contributed by atoms with van der Waals surface area (Å²) < 4.78 is 5.39. The number of hydrogen-bond donors (Lipinski definition) is 3. The Morgan fingerprint density at radius 3 is 2.74 bits per heavy atom. The lowest BCUT2D eigenvalue weighted by molar-refractivity contribution is -0.126. The third-order valence-corrected chi connectivity index (χ3v) is 4.52. The summed E-state index contributed by atoms with van der Waals surface area (Å²) in [5.74, 6) is -0.0414. The molecule has 0 spiro atoms. The maximum absolute atomic E-state index is 12.2. The lowest BCUT2D eigenvalue weighted by Gasteiger charge is -2.28. The molecule has 0 aromatic rings. The van der Waals surface area contributed by atoms with Crippen molar-refractivity contribution in [3.8, 4) is 0 Å². The highest BCUT2D eigenvalue weighted by Gasteiger charge is 2.37. The van der Waals surface area contributed by atoms with Gasteiger partial charge in [-0.3, -0.25) is 4.79 Å². The highest BCUT2D eigenvalue weighted by atomic mass is 16.5. The van der Waals surface area contributed by atoms with Crippen molar-refractivity contribution in [1.82, 2.24) is 10.6 Å². The van der Waals surface area contributed by atoms with Gasteiger partial charge in [-0.2, -0.15) is 0 Å². The number of aliphatic hydroxyl groups excluding tert-OH is 1. The fraction of sp³-hybridized carbons (Fsp3) is 0.929. The summed E-state index contributed by atoms with van der Waals surface area (Å²) in [6, 6.07) is 0.124. The van der Waals surface area contributed by atoms with Crippen LogP contribution in [0.2, 0.25) is 0 Å². The lowest BCUT2D eigenvalue weighted by Crippen LogP contribution is -2.47.